The second-order valence-electron chi connectivity index (χ2n) is 2.51. The van der Waals surface area contributed by atoms with Crippen molar-refractivity contribution in [2.45, 2.75) is 29.5 Å². The van der Waals surface area contributed by atoms with E-state index in [0.717, 1.165) is 6.54 Å². The zero-order valence-electron chi connectivity index (χ0n) is 6.48. The average molecular weight is 190 g/mol. The second kappa shape index (κ2) is 6.64. The Balaban J connectivity index is 2.75. The van der Waals surface area contributed by atoms with Crippen molar-refractivity contribution in [1.82, 2.24) is 5.32 Å². The van der Waals surface area contributed by atoms with E-state index < -0.39 is 0 Å². The van der Waals surface area contributed by atoms with Gasteiger partial charge in [-0.2, -0.15) is 0 Å². The zero-order chi connectivity index (χ0) is 7.11. The fourth-order valence-electron chi connectivity index (χ4n) is 0.678. The van der Waals surface area contributed by atoms with E-state index in [2.05, 4.69) is 23.8 Å². The van der Waals surface area contributed by atoms with Gasteiger partial charge in [-0.15, -0.1) is 0 Å². The number of hydrogen-bond acceptors (Lipinski definition) is 1. The van der Waals surface area contributed by atoms with Crippen molar-refractivity contribution in [3.8, 4) is 0 Å². The molecule has 2 heteroatoms. The van der Waals surface area contributed by atoms with Gasteiger partial charge in [-0.25, -0.2) is 0 Å². The van der Waals surface area contributed by atoms with E-state index in [1.54, 1.807) is 0 Å². The summed E-state index contributed by atoms with van der Waals surface area (Å²) in [5, 5.41) is 4.40. The molecule has 0 rings (SSSR count). The Hall–Kier alpha value is 0.518. The Morgan fingerprint density at radius 1 is 1.33 bits per heavy atom. The molecule has 0 unspecified atom stereocenters. The van der Waals surface area contributed by atoms with E-state index in [-0.39, 0.29) is 14.7 Å². The van der Waals surface area contributed by atoms with Gasteiger partial charge >= 0.3 is 63.0 Å². The Bertz CT molecular complexity index is 54.9. The standard InChI is InChI=1S/C7H17AsN/c1-8(2)6-4-5-7-9-3/h9H,3-7H2,1-2H3. The third kappa shape index (κ3) is 8.52. The van der Waals surface area contributed by atoms with Crippen molar-refractivity contribution in [3.05, 3.63) is 7.05 Å². The van der Waals surface area contributed by atoms with Crippen molar-refractivity contribution < 1.29 is 0 Å². The van der Waals surface area contributed by atoms with Gasteiger partial charge in [0.2, 0.25) is 0 Å². The molecule has 0 atom stereocenters. The summed E-state index contributed by atoms with van der Waals surface area (Å²) in [5.74, 6) is 0. The van der Waals surface area contributed by atoms with Crippen molar-refractivity contribution in [2.24, 2.45) is 0 Å². The molecule has 0 aromatic rings. The minimum atomic E-state index is -0.317. The number of rotatable bonds is 5. The molecule has 1 N–H and O–H groups in total. The molecule has 0 heterocycles. The Labute approximate surface area is 63.5 Å². The summed E-state index contributed by atoms with van der Waals surface area (Å²) in [6.45, 7) is 1.09. The summed E-state index contributed by atoms with van der Waals surface area (Å²) in [7, 11) is 3.56. The van der Waals surface area contributed by atoms with Crippen LogP contribution in [0.2, 0.25) is 16.6 Å². The van der Waals surface area contributed by atoms with Crippen molar-refractivity contribution in [2.75, 3.05) is 6.54 Å². The molecule has 0 aromatic heterocycles. The first kappa shape index (κ1) is 9.52. The molecule has 0 amide bonds. The van der Waals surface area contributed by atoms with Gasteiger partial charge in [-0.1, -0.05) is 0 Å². The molecule has 0 spiro atoms. The van der Waals surface area contributed by atoms with Gasteiger partial charge in [0, 0.05) is 0 Å². The topological polar surface area (TPSA) is 12.0 Å². The van der Waals surface area contributed by atoms with Crippen LogP contribution in [-0.4, -0.2) is 21.2 Å². The van der Waals surface area contributed by atoms with E-state index in [4.69, 9.17) is 0 Å². The monoisotopic (exact) mass is 190 g/mol. The molecule has 0 aliphatic heterocycles. The predicted octanol–water partition coefficient (Wildman–Crippen LogP) is 1.90. The number of unbranched alkanes of at least 4 members (excludes halogenated alkanes) is 1. The fourth-order valence-corrected chi connectivity index (χ4v) is 2.47. The first-order valence-corrected chi connectivity index (χ1v) is 8.50. The van der Waals surface area contributed by atoms with E-state index in [9.17, 15) is 0 Å². The molecule has 1 nitrogen and oxygen atoms in total. The van der Waals surface area contributed by atoms with Crippen LogP contribution in [0.3, 0.4) is 0 Å². The van der Waals surface area contributed by atoms with Crippen LogP contribution in [0.5, 0.6) is 0 Å². The summed E-state index contributed by atoms with van der Waals surface area (Å²) < 4.78 is 0. The molecular formula is C7H17AsN. The second-order valence-corrected chi connectivity index (χ2v) is 7.98. The van der Waals surface area contributed by atoms with Crippen molar-refractivity contribution in [1.29, 1.82) is 0 Å². The van der Waals surface area contributed by atoms with Crippen LogP contribution < -0.4 is 5.32 Å². The van der Waals surface area contributed by atoms with Crippen LogP contribution in [0.15, 0.2) is 0 Å². The first-order valence-electron chi connectivity index (χ1n) is 3.42. The molecule has 0 bridgehead atoms. The Morgan fingerprint density at radius 3 is 2.44 bits per heavy atom. The molecule has 0 aromatic carbocycles. The predicted molar refractivity (Wildman–Crippen MR) is 44.9 cm³/mol. The van der Waals surface area contributed by atoms with Crippen LogP contribution in [0.1, 0.15) is 12.8 Å². The third-order valence-corrected chi connectivity index (χ3v) is 3.75. The zero-order valence-corrected chi connectivity index (χ0v) is 8.36. The van der Waals surface area contributed by atoms with E-state index >= 15 is 0 Å². The maximum absolute atomic E-state index is 3.56. The summed E-state index contributed by atoms with van der Waals surface area (Å²) in [6, 6.07) is 0. The molecule has 0 aliphatic carbocycles. The number of hydrogen-bond donors (Lipinski definition) is 1. The van der Waals surface area contributed by atoms with E-state index in [0.29, 0.717) is 0 Å². The summed E-state index contributed by atoms with van der Waals surface area (Å²) in [5.41, 5.74) is 4.81. The Kier molecular flexibility index (Phi) is 7.02. The van der Waals surface area contributed by atoms with Crippen LogP contribution in [-0.2, 0) is 0 Å². The maximum atomic E-state index is 3.56. The minimum absolute atomic E-state index is 0.317. The van der Waals surface area contributed by atoms with Crippen LogP contribution in [0.25, 0.3) is 0 Å². The van der Waals surface area contributed by atoms with Crippen LogP contribution in [0, 0.1) is 7.05 Å². The van der Waals surface area contributed by atoms with Gasteiger partial charge in [0.25, 0.3) is 0 Å². The molecule has 0 saturated carbocycles. The summed E-state index contributed by atoms with van der Waals surface area (Å²) >= 11 is -0.317. The summed E-state index contributed by atoms with van der Waals surface area (Å²) in [6.07, 6.45) is 2.70. The molecule has 0 saturated heterocycles. The normalized spacial score (nSPS) is 10.7. The first-order chi connectivity index (χ1) is 4.27. The van der Waals surface area contributed by atoms with Crippen LogP contribution in [0.4, 0.5) is 0 Å². The number of nitrogens with one attached hydrogen (secondary N) is 1. The van der Waals surface area contributed by atoms with Crippen molar-refractivity contribution in [3.63, 3.8) is 0 Å². The molecule has 1 radical (unpaired) electrons. The van der Waals surface area contributed by atoms with Crippen LogP contribution >= 0.6 is 0 Å². The van der Waals surface area contributed by atoms with Gasteiger partial charge in [-0.3, -0.25) is 0 Å². The molecule has 9 heavy (non-hydrogen) atoms. The van der Waals surface area contributed by atoms with Gasteiger partial charge in [0.05, 0.1) is 0 Å². The Morgan fingerprint density at radius 2 is 2.00 bits per heavy atom. The summed E-state index contributed by atoms with van der Waals surface area (Å²) in [4.78, 5) is 0. The third-order valence-electron chi connectivity index (χ3n) is 1.21. The van der Waals surface area contributed by atoms with Gasteiger partial charge in [0.1, 0.15) is 0 Å². The average Bonchev–Trinajstić information content (AvgIpc) is 1.80. The van der Waals surface area contributed by atoms with Crippen molar-refractivity contribution >= 4 is 14.7 Å². The van der Waals surface area contributed by atoms with E-state index in [1.807, 2.05) is 0 Å². The quantitative estimate of drug-likeness (QED) is 0.515. The molecular weight excluding hydrogens is 173 g/mol. The fraction of sp³-hybridized carbons (Fsp3) is 0.857. The van der Waals surface area contributed by atoms with Gasteiger partial charge in [0.15, 0.2) is 0 Å². The molecule has 0 fully saturated rings. The molecule has 55 valence electrons. The van der Waals surface area contributed by atoms with Gasteiger partial charge in [-0.05, 0) is 0 Å². The van der Waals surface area contributed by atoms with E-state index in [1.165, 1.54) is 18.1 Å². The molecule has 0 aliphatic rings. The van der Waals surface area contributed by atoms with Gasteiger partial charge < -0.3 is 0 Å². The SMILES string of the molecule is [CH2]NCCCC[As](C)C.